The molecule has 0 saturated heterocycles. The number of hydrogen-bond donors (Lipinski definition) is 1. The minimum atomic E-state index is -0.0829. The smallest absolute Gasteiger partial charge is 0.243 e. The summed E-state index contributed by atoms with van der Waals surface area (Å²) in [5, 5.41) is 3.93. The molecule has 0 aromatic carbocycles. The second-order valence-electron chi connectivity index (χ2n) is 4.09. The van der Waals surface area contributed by atoms with Gasteiger partial charge in [-0.2, -0.15) is 4.98 Å². The predicted molar refractivity (Wildman–Crippen MR) is 52.6 cm³/mol. The van der Waals surface area contributed by atoms with E-state index < -0.39 is 0 Å². The Balaban J connectivity index is 1.93. The van der Waals surface area contributed by atoms with Gasteiger partial charge in [0.1, 0.15) is 0 Å². The average molecular weight is 195 g/mol. The van der Waals surface area contributed by atoms with Crippen LogP contribution >= 0.6 is 0 Å². The molecule has 4 heteroatoms. The van der Waals surface area contributed by atoms with Gasteiger partial charge in [-0.1, -0.05) is 18.5 Å². The quantitative estimate of drug-likeness (QED) is 0.778. The molecular formula is C10H17N3O. The van der Waals surface area contributed by atoms with Crippen molar-refractivity contribution in [3.05, 3.63) is 11.7 Å². The summed E-state index contributed by atoms with van der Waals surface area (Å²) in [5.41, 5.74) is 5.87. The van der Waals surface area contributed by atoms with Gasteiger partial charge in [0.05, 0.1) is 6.04 Å². The standard InChI is InChI=1S/C10H17N3O/c1-2-3-8(11)10-12-9(13-14-10)6-7-4-5-7/h7-8H,2-6,11H2,1H3/t8-/m1/s1. The highest BCUT2D eigenvalue weighted by molar-refractivity contribution is 4.95. The summed E-state index contributed by atoms with van der Waals surface area (Å²) in [7, 11) is 0. The molecule has 0 unspecified atom stereocenters. The van der Waals surface area contributed by atoms with Crippen molar-refractivity contribution in [3.63, 3.8) is 0 Å². The first-order valence-electron chi connectivity index (χ1n) is 5.37. The summed E-state index contributed by atoms with van der Waals surface area (Å²) in [4.78, 5) is 4.31. The Morgan fingerprint density at radius 3 is 3.00 bits per heavy atom. The lowest BCUT2D eigenvalue weighted by Crippen LogP contribution is -2.10. The Labute approximate surface area is 83.9 Å². The molecule has 0 spiro atoms. The molecular weight excluding hydrogens is 178 g/mol. The summed E-state index contributed by atoms with van der Waals surface area (Å²) in [6, 6.07) is -0.0829. The molecule has 0 bridgehead atoms. The third kappa shape index (κ3) is 2.32. The van der Waals surface area contributed by atoms with Crippen molar-refractivity contribution in [1.29, 1.82) is 0 Å². The Hall–Kier alpha value is -0.900. The van der Waals surface area contributed by atoms with Crippen LogP contribution < -0.4 is 5.73 Å². The van der Waals surface area contributed by atoms with Crippen LogP contribution in [-0.2, 0) is 6.42 Å². The van der Waals surface area contributed by atoms with Crippen molar-refractivity contribution in [3.8, 4) is 0 Å². The Bertz CT molecular complexity index is 293. The molecule has 2 N–H and O–H groups in total. The Kier molecular flexibility index (Phi) is 2.82. The van der Waals surface area contributed by atoms with Gasteiger partial charge in [-0.05, 0) is 25.2 Å². The van der Waals surface area contributed by atoms with Gasteiger partial charge in [0.15, 0.2) is 5.82 Å². The van der Waals surface area contributed by atoms with Crippen molar-refractivity contribution < 1.29 is 4.52 Å². The van der Waals surface area contributed by atoms with Crippen LogP contribution in [-0.4, -0.2) is 10.1 Å². The molecule has 1 heterocycles. The third-order valence-corrected chi connectivity index (χ3v) is 2.57. The molecule has 1 aliphatic rings. The van der Waals surface area contributed by atoms with Crippen molar-refractivity contribution in [2.24, 2.45) is 11.7 Å². The fourth-order valence-electron chi connectivity index (χ4n) is 1.52. The molecule has 1 aromatic rings. The fourth-order valence-corrected chi connectivity index (χ4v) is 1.52. The van der Waals surface area contributed by atoms with Crippen molar-refractivity contribution >= 4 is 0 Å². The van der Waals surface area contributed by atoms with E-state index in [0.29, 0.717) is 5.89 Å². The van der Waals surface area contributed by atoms with Crippen LogP contribution in [0.2, 0.25) is 0 Å². The zero-order valence-corrected chi connectivity index (χ0v) is 8.57. The molecule has 1 aromatic heterocycles. The van der Waals surface area contributed by atoms with Crippen LogP contribution in [0, 0.1) is 5.92 Å². The molecule has 2 rings (SSSR count). The molecule has 1 aliphatic carbocycles. The summed E-state index contributed by atoms with van der Waals surface area (Å²) < 4.78 is 5.12. The molecule has 4 nitrogen and oxygen atoms in total. The fraction of sp³-hybridized carbons (Fsp3) is 0.800. The van der Waals surface area contributed by atoms with Crippen LogP contribution in [0.3, 0.4) is 0 Å². The number of nitrogens with zero attached hydrogens (tertiary/aromatic N) is 2. The second-order valence-corrected chi connectivity index (χ2v) is 4.09. The highest BCUT2D eigenvalue weighted by Crippen LogP contribution is 2.31. The lowest BCUT2D eigenvalue weighted by Gasteiger charge is -2.01. The van der Waals surface area contributed by atoms with Gasteiger partial charge in [-0.25, -0.2) is 0 Å². The van der Waals surface area contributed by atoms with E-state index in [1.54, 1.807) is 0 Å². The maximum absolute atomic E-state index is 5.87. The topological polar surface area (TPSA) is 64.9 Å². The van der Waals surface area contributed by atoms with Crippen LogP contribution in [0.5, 0.6) is 0 Å². The largest absolute Gasteiger partial charge is 0.338 e. The van der Waals surface area contributed by atoms with E-state index in [0.717, 1.165) is 31.0 Å². The summed E-state index contributed by atoms with van der Waals surface area (Å²) in [6.45, 7) is 2.10. The first-order valence-corrected chi connectivity index (χ1v) is 5.37. The van der Waals surface area contributed by atoms with Gasteiger partial charge in [-0.15, -0.1) is 0 Å². The minimum absolute atomic E-state index is 0.0829. The predicted octanol–water partition coefficient (Wildman–Crippen LogP) is 1.82. The van der Waals surface area contributed by atoms with Gasteiger partial charge in [-0.3, -0.25) is 0 Å². The highest BCUT2D eigenvalue weighted by Gasteiger charge is 2.24. The molecule has 0 amide bonds. The number of nitrogens with two attached hydrogens (primary N) is 1. The zero-order chi connectivity index (χ0) is 9.97. The van der Waals surface area contributed by atoms with Gasteiger partial charge >= 0.3 is 0 Å². The van der Waals surface area contributed by atoms with Crippen LogP contribution in [0.15, 0.2) is 4.52 Å². The van der Waals surface area contributed by atoms with E-state index in [2.05, 4.69) is 17.1 Å². The Morgan fingerprint density at radius 2 is 2.36 bits per heavy atom. The lowest BCUT2D eigenvalue weighted by atomic mass is 10.2. The van der Waals surface area contributed by atoms with Crippen molar-refractivity contribution in [1.82, 2.24) is 10.1 Å². The summed E-state index contributed by atoms with van der Waals surface area (Å²) in [6.07, 6.45) is 5.53. The van der Waals surface area contributed by atoms with Gasteiger partial charge in [0.2, 0.25) is 5.89 Å². The van der Waals surface area contributed by atoms with E-state index in [-0.39, 0.29) is 6.04 Å². The van der Waals surface area contributed by atoms with E-state index in [4.69, 9.17) is 10.3 Å². The van der Waals surface area contributed by atoms with Crippen molar-refractivity contribution in [2.75, 3.05) is 0 Å². The number of rotatable bonds is 5. The van der Waals surface area contributed by atoms with E-state index in [1.807, 2.05) is 0 Å². The normalized spacial score (nSPS) is 18.4. The number of hydrogen-bond acceptors (Lipinski definition) is 4. The average Bonchev–Trinajstić information content (AvgIpc) is 2.82. The van der Waals surface area contributed by atoms with Gasteiger partial charge in [0, 0.05) is 6.42 Å². The Morgan fingerprint density at radius 1 is 1.57 bits per heavy atom. The van der Waals surface area contributed by atoms with E-state index >= 15 is 0 Å². The molecule has 14 heavy (non-hydrogen) atoms. The second kappa shape index (κ2) is 4.09. The number of aromatic nitrogens is 2. The van der Waals surface area contributed by atoms with Gasteiger partial charge < -0.3 is 10.3 Å². The monoisotopic (exact) mass is 195 g/mol. The van der Waals surface area contributed by atoms with E-state index in [9.17, 15) is 0 Å². The highest BCUT2D eigenvalue weighted by atomic mass is 16.5. The van der Waals surface area contributed by atoms with E-state index in [1.165, 1.54) is 12.8 Å². The third-order valence-electron chi connectivity index (χ3n) is 2.57. The maximum atomic E-state index is 5.87. The maximum Gasteiger partial charge on any atom is 0.243 e. The zero-order valence-electron chi connectivity index (χ0n) is 8.57. The first kappa shape index (κ1) is 9.65. The molecule has 0 radical (unpaired) electrons. The van der Waals surface area contributed by atoms with Gasteiger partial charge in [0.25, 0.3) is 0 Å². The molecule has 1 atom stereocenters. The van der Waals surface area contributed by atoms with Crippen molar-refractivity contribution in [2.45, 2.75) is 45.1 Å². The molecule has 1 saturated carbocycles. The molecule has 0 aliphatic heterocycles. The minimum Gasteiger partial charge on any atom is -0.338 e. The summed E-state index contributed by atoms with van der Waals surface area (Å²) >= 11 is 0. The lowest BCUT2D eigenvalue weighted by molar-refractivity contribution is 0.344. The molecule has 78 valence electrons. The summed E-state index contributed by atoms with van der Waals surface area (Å²) in [5.74, 6) is 2.22. The first-order chi connectivity index (χ1) is 6.79. The van der Waals surface area contributed by atoms with Crippen LogP contribution in [0.1, 0.15) is 50.4 Å². The van der Waals surface area contributed by atoms with Crippen LogP contribution in [0.25, 0.3) is 0 Å². The SMILES string of the molecule is CCC[C@@H](N)c1nc(CC2CC2)no1. The van der Waals surface area contributed by atoms with Crippen LogP contribution in [0.4, 0.5) is 0 Å². The molecule has 1 fully saturated rings.